The zero-order chi connectivity index (χ0) is 19.8. The molecule has 2 heterocycles. The normalized spacial score (nSPS) is 11.8. The van der Waals surface area contributed by atoms with Crippen LogP contribution in [0.1, 0.15) is 18.2 Å². The summed E-state index contributed by atoms with van der Waals surface area (Å²) in [5, 5.41) is 4.39. The van der Waals surface area contributed by atoms with Gasteiger partial charge in [0.1, 0.15) is 6.54 Å². The van der Waals surface area contributed by atoms with Gasteiger partial charge in [-0.1, -0.05) is 23.7 Å². The van der Waals surface area contributed by atoms with E-state index in [1.165, 1.54) is 6.92 Å². The molecule has 0 saturated heterocycles. The SMILES string of the molecule is CCOC(=O)Cn1nc(C)c2c(C(F)(F)F)cc(-c3ccc(Cl)cc3)nc21. The number of carbonyl (C=O) groups excluding carboxylic acids is 1. The fraction of sp³-hybridized carbons (Fsp3) is 0.278. The van der Waals surface area contributed by atoms with Crippen molar-refractivity contribution < 1.29 is 22.7 Å². The average Bonchev–Trinajstić information content (AvgIpc) is 2.90. The Labute approximate surface area is 157 Å². The Morgan fingerprint density at radius 1 is 1.26 bits per heavy atom. The van der Waals surface area contributed by atoms with Crippen molar-refractivity contribution >= 4 is 28.6 Å². The number of fused-ring (bicyclic) bond motifs is 1. The summed E-state index contributed by atoms with van der Waals surface area (Å²) in [5.74, 6) is -0.603. The summed E-state index contributed by atoms with van der Waals surface area (Å²) in [5.41, 5.74) is -0.174. The summed E-state index contributed by atoms with van der Waals surface area (Å²) in [6, 6.07) is 7.27. The van der Waals surface area contributed by atoms with E-state index < -0.39 is 17.7 Å². The smallest absolute Gasteiger partial charge is 0.417 e. The molecule has 0 radical (unpaired) electrons. The van der Waals surface area contributed by atoms with E-state index in [0.717, 1.165) is 10.7 Å². The molecule has 3 rings (SSSR count). The van der Waals surface area contributed by atoms with E-state index >= 15 is 0 Å². The number of hydrogen-bond donors (Lipinski definition) is 0. The van der Waals surface area contributed by atoms with E-state index in [9.17, 15) is 18.0 Å². The minimum absolute atomic E-state index is 0.0275. The van der Waals surface area contributed by atoms with Crippen molar-refractivity contribution in [2.75, 3.05) is 6.61 Å². The van der Waals surface area contributed by atoms with Crippen molar-refractivity contribution in [3.8, 4) is 11.3 Å². The first kappa shape index (κ1) is 19.2. The number of alkyl halides is 3. The van der Waals surface area contributed by atoms with Gasteiger partial charge in [0.15, 0.2) is 5.65 Å². The fourth-order valence-corrected chi connectivity index (χ4v) is 2.91. The number of nitrogens with zero attached hydrogens (tertiary/aromatic N) is 3. The zero-order valence-electron chi connectivity index (χ0n) is 14.5. The molecular weight excluding hydrogens is 383 g/mol. The van der Waals surface area contributed by atoms with Crippen LogP contribution in [0.3, 0.4) is 0 Å². The van der Waals surface area contributed by atoms with Crippen molar-refractivity contribution in [1.82, 2.24) is 14.8 Å². The number of benzene rings is 1. The highest BCUT2D eigenvalue weighted by Gasteiger charge is 2.35. The highest BCUT2D eigenvalue weighted by molar-refractivity contribution is 6.30. The predicted molar refractivity (Wildman–Crippen MR) is 94.3 cm³/mol. The maximum atomic E-state index is 13.7. The lowest BCUT2D eigenvalue weighted by atomic mass is 10.1. The van der Waals surface area contributed by atoms with Crippen LogP contribution < -0.4 is 0 Å². The summed E-state index contributed by atoms with van der Waals surface area (Å²) >= 11 is 5.85. The molecule has 1 aromatic carbocycles. The first-order chi connectivity index (χ1) is 12.7. The molecule has 9 heteroatoms. The van der Waals surface area contributed by atoms with Gasteiger partial charge in [0.25, 0.3) is 0 Å². The molecule has 142 valence electrons. The van der Waals surface area contributed by atoms with Crippen molar-refractivity contribution in [2.45, 2.75) is 26.6 Å². The number of rotatable bonds is 4. The largest absolute Gasteiger partial charge is 0.465 e. The number of carbonyl (C=O) groups is 1. The second-order valence-corrected chi connectivity index (χ2v) is 6.24. The van der Waals surface area contributed by atoms with E-state index in [0.29, 0.717) is 10.6 Å². The molecule has 0 N–H and O–H groups in total. The van der Waals surface area contributed by atoms with Gasteiger partial charge >= 0.3 is 12.1 Å². The van der Waals surface area contributed by atoms with Gasteiger partial charge in [-0.2, -0.15) is 18.3 Å². The van der Waals surface area contributed by atoms with Gasteiger partial charge in [-0.15, -0.1) is 0 Å². The molecule has 0 atom stereocenters. The summed E-state index contributed by atoms with van der Waals surface area (Å²) in [7, 11) is 0. The standard InChI is InChI=1S/C18H15ClF3N3O2/c1-3-27-15(26)9-25-17-16(10(2)24-25)13(18(20,21)22)8-14(23-17)11-4-6-12(19)7-5-11/h4-8H,3,9H2,1-2H3. The molecule has 3 aromatic rings. The molecule has 2 aromatic heterocycles. The van der Waals surface area contributed by atoms with Gasteiger partial charge in [-0.05, 0) is 32.0 Å². The third kappa shape index (κ3) is 3.90. The van der Waals surface area contributed by atoms with E-state index in [1.807, 2.05) is 0 Å². The number of aromatic nitrogens is 3. The molecule has 0 aliphatic rings. The number of ether oxygens (including phenoxy) is 1. The molecule has 0 aliphatic heterocycles. The maximum Gasteiger partial charge on any atom is 0.417 e. The summed E-state index contributed by atoms with van der Waals surface area (Å²) < 4.78 is 47.0. The van der Waals surface area contributed by atoms with E-state index in [-0.39, 0.29) is 35.6 Å². The Hall–Kier alpha value is -2.61. The van der Waals surface area contributed by atoms with Gasteiger partial charge < -0.3 is 4.74 Å². The van der Waals surface area contributed by atoms with Crippen LogP contribution in [0.5, 0.6) is 0 Å². The lowest BCUT2D eigenvalue weighted by Gasteiger charge is -2.12. The first-order valence-electron chi connectivity index (χ1n) is 8.07. The second-order valence-electron chi connectivity index (χ2n) is 5.81. The van der Waals surface area contributed by atoms with Crippen LogP contribution in [0.2, 0.25) is 5.02 Å². The van der Waals surface area contributed by atoms with Crippen LogP contribution in [-0.4, -0.2) is 27.3 Å². The van der Waals surface area contributed by atoms with Gasteiger partial charge in [0.05, 0.1) is 28.9 Å². The number of pyridine rings is 1. The van der Waals surface area contributed by atoms with Gasteiger partial charge in [-0.25, -0.2) is 9.67 Å². The molecule has 0 unspecified atom stereocenters. The van der Waals surface area contributed by atoms with Gasteiger partial charge in [0, 0.05) is 10.6 Å². The van der Waals surface area contributed by atoms with Crippen LogP contribution in [0, 0.1) is 6.92 Å². The van der Waals surface area contributed by atoms with Gasteiger partial charge in [-0.3, -0.25) is 4.79 Å². The Balaban J connectivity index is 2.24. The molecule has 0 saturated carbocycles. The summed E-state index contributed by atoms with van der Waals surface area (Å²) in [4.78, 5) is 16.1. The third-order valence-corrected chi connectivity index (χ3v) is 4.16. The third-order valence-electron chi connectivity index (χ3n) is 3.91. The predicted octanol–water partition coefficient (Wildman–Crippen LogP) is 4.64. The van der Waals surface area contributed by atoms with Crippen LogP contribution >= 0.6 is 11.6 Å². The lowest BCUT2D eigenvalue weighted by Crippen LogP contribution is -2.15. The monoisotopic (exact) mass is 397 g/mol. The minimum Gasteiger partial charge on any atom is -0.465 e. The molecule has 27 heavy (non-hydrogen) atoms. The average molecular weight is 398 g/mol. The van der Waals surface area contributed by atoms with Crippen molar-refractivity contribution in [1.29, 1.82) is 0 Å². The topological polar surface area (TPSA) is 57.0 Å². The molecule has 0 aliphatic carbocycles. The van der Waals surface area contributed by atoms with E-state index in [4.69, 9.17) is 16.3 Å². The van der Waals surface area contributed by atoms with Gasteiger partial charge in [0.2, 0.25) is 0 Å². The molecule has 0 fully saturated rings. The Morgan fingerprint density at radius 3 is 2.52 bits per heavy atom. The number of esters is 1. The van der Waals surface area contributed by atoms with Crippen LogP contribution in [0.15, 0.2) is 30.3 Å². The zero-order valence-corrected chi connectivity index (χ0v) is 15.2. The van der Waals surface area contributed by atoms with Crippen LogP contribution in [0.4, 0.5) is 13.2 Å². The molecule has 0 bridgehead atoms. The Kier molecular flexibility index (Phi) is 5.10. The minimum atomic E-state index is -4.61. The molecular formula is C18H15ClF3N3O2. The quantitative estimate of drug-likeness (QED) is 0.602. The molecule has 0 amide bonds. The van der Waals surface area contributed by atoms with Crippen molar-refractivity contribution in [3.63, 3.8) is 0 Å². The van der Waals surface area contributed by atoms with Crippen molar-refractivity contribution in [3.05, 3.63) is 46.6 Å². The van der Waals surface area contributed by atoms with E-state index in [2.05, 4.69) is 10.1 Å². The number of halogens is 4. The summed E-state index contributed by atoms with van der Waals surface area (Å²) in [6.45, 7) is 2.92. The molecule has 0 spiro atoms. The van der Waals surface area contributed by atoms with E-state index in [1.54, 1.807) is 31.2 Å². The fourth-order valence-electron chi connectivity index (χ4n) is 2.78. The summed E-state index contributed by atoms with van der Waals surface area (Å²) in [6.07, 6.45) is -4.61. The highest BCUT2D eigenvalue weighted by atomic mass is 35.5. The number of aryl methyl sites for hydroxylation is 1. The maximum absolute atomic E-state index is 13.7. The first-order valence-corrected chi connectivity index (χ1v) is 8.45. The van der Waals surface area contributed by atoms with Crippen molar-refractivity contribution in [2.24, 2.45) is 0 Å². The van der Waals surface area contributed by atoms with Crippen LogP contribution in [0.25, 0.3) is 22.3 Å². The molecule has 5 nitrogen and oxygen atoms in total. The highest BCUT2D eigenvalue weighted by Crippen LogP contribution is 2.38. The van der Waals surface area contributed by atoms with Crippen LogP contribution in [-0.2, 0) is 22.3 Å². The Bertz CT molecular complexity index is 998. The number of hydrogen-bond acceptors (Lipinski definition) is 4. The lowest BCUT2D eigenvalue weighted by molar-refractivity contribution is -0.144. The Morgan fingerprint density at radius 2 is 1.93 bits per heavy atom. The second kappa shape index (κ2) is 7.19.